The minimum absolute atomic E-state index is 0.445. The van der Waals surface area contributed by atoms with Crippen molar-refractivity contribution >= 4 is 18.3 Å². The van der Waals surface area contributed by atoms with Gasteiger partial charge >= 0.3 is 0 Å². The van der Waals surface area contributed by atoms with Crippen molar-refractivity contribution < 1.29 is 4.84 Å². The topological polar surface area (TPSA) is 21.6 Å². The second-order valence-corrected chi connectivity index (χ2v) is 2.47. The smallest absolute Gasteiger partial charge is 0.142 e. The molecule has 0 atom stereocenters. The van der Waals surface area contributed by atoms with E-state index in [1.54, 1.807) is 0 Å². The first-order valence-corrected chi connectivity index (χ1v) is 3.53. The van der Waals surface area contributed by atoms with Crippen LogP contribution in [0.25, 0.3) is 0 Å². The van der Waals surface area contributed by atoms with Gasteiger partial charge in [-0.1, -0.05) is 23.7 Å². The highest BCUT2D eigenvalue weighted by atomic mass is 35.5. The van der Waals surface area contributed by atoms with Gasteiger partial charge in [0.15, 0.2) is 0 Å². The molecule has 58 valence electrons. The van der Waals surface area contributed by atoms with Gasteiger partial charge in [0.2, 0.25) is 0 Å². The molecule has 0 spiro atoms. The fourth-order valence-electron chi connectivity index (χ4n) is 0.701. The van der Waals surface area contributed by atoms with Gasteiger partial charge < -0.3 is 4.84 Å². The number of rotatable bonds is 3. The fraction of sp³-hybridized carbons (Fsp3) is 0.125. The fourth-order valence-corrected chi connectivity index (χ4v) is 0.827. The van der Waals surface area contributed by atoms with Crippen LogP contribution in [0.2, 0.25) is 5.02 Å². The lowest BCUT2D eigenvalue weighted by atomic mass is 10.2. The first-order chi connectivity index (χ1) is 5.33. The summed E-state index contributed by atoms with van der Waals surface area (Å²) < 4.78 is 0. The Morgan fingerprint density at radius 2 is 2.00 bits per heavy atom. The summed E-state index contributed by atoms with van der Waals surface area (Å²) in [6.45, 7) is 3.64. The van der Waals surface area contributed by atoms with Gasteiger partial charge in [-0.3, -0.25) is 0 Å². The standard InChI is InChI=1S/C8H8ClNO/c1-10-11-6-7-2-4-8(9)5-3-7/h2-5H,1,6H2. The lowest BCUT2D eigenvalue weighted by molar-refractivity contribution is 0.133. The van der Waals surface area contributed by atoms with Crippen molar-refractivity contribution in [3.63, 3.8) is 0 Å². The highest BCUT2D eigenvalue weighted by Gasteiger charge is 1.91. The van der Waals surface area contributed by atoms with Crippen LogP contribution < -0.4 is 0 Å². The van der Waals surface area contributed by atoms with E-state index in [0.717, 1.165) is 10.6 Å². The number of oxime groups is 1. The molecular weight excluding hydrogens is 162 g/mol. The number of nitrogens with zero attached hydrogens (tertiary/aromatic N) is 1. The van der Waals surface area contributed by atoms with E-state index in [1.807, 2.05) is 24.3 Å². The molecular formula is C8H8ClNO. The molecule has 2 nitrogen and oxygen atoms in total. The van der Waals surface area contributed by atoms with Gasteiger partial charge in [-0.2, -0.15) is 0 Å². The SMILES string of the molecule is C=NOCc1ccc(Cl)cc1. The molecule has 0 heterocycles. The summed E-state index contributed by atoms with van der Waals surface area (Å²) in [4.78, 5) is 4.73. The summed E-state index contributed by atoms with van der Waals surface area (Å²) in [5, 5.41) is 3.99. The zero-order chi connectivity index (χ0) is 8.10. The van der Waals surface area contributed by atoms with E-state index in [0.29, 0.717) is 6.61 Å². The van der Waals surface area contributed by atoms with Gasteiger partial charge in [0, 0.05) is 11.7 Å². The zero-order valence-electron chi connectivity index (χ0n) is 5.96. The van der Waals surface area contributed by atoms with Crippen molar-refractivity contribution in [3.8, 4) is 0 Å². The Bertz CT molecular complexity index is 232. The largest absolute Gasteiger partial charge is 0.391 e. The Morgan fingerprint density at radius 1 is 1.36 bits per heavy atom. The van der Waals surface area contributed by atoms with E-state index in [-0.39, 0.29) is 0 Å². The molecule has 0 saturated heterocycles. The van der Waals surface area contributed by atoms with Gasteiger partial charge in [-0.05, 0) is 17.7 Å². The van der Waals surface area contributed by atoms with Crippen molar-refractivity contribution in [2.75, 3.05) is 0 Å². The predicted molar refractivity (Wildman–Crippen MR) is 45.8 cm³/mol. The molecule has 0 aromatic heterocycles. The molecule has 0 amide bonds. The van der Waals surface area contributed by atoms with Crippen molar-refractivity contribution in [2.24, 2.45) is 5.16 Å². The molecule has 0 aliphatic carbocycles. The maximum absolute atomic E-state index is 5.67. The van der Waals surface area contributed by atoms with Gasteiger partial charge in [0.1, 0.15) is 6.61 Å². The molecule has 1 aromatic rings. The van der Waals surface area contributed by atoms with Crippen molar-refractivity contribution in [1.29, 1.82) is 0 Å². The van der Waals surface area contributed by atoms with Crippen LogP contribution in [0.3, 0.4) is 0 Å². The van der Waals surface area contributed by atoms with Gasteiger partial charge in [0.25, 0.3) is 0 Å². The minimum atomic E-state index is 0.445. The van der Waals surface area contributed by atoms with E-state index in [4.69, 9.17) is 16.4 Å². The van der Waals surface area contributed by atoms with Crippen LogP contribution in [0.15, 0.2) is 29.4 Å². The van der Waals surface area contributed by atoms with E-state index in [2.05, 4.69) is 11.9 Å². The third kappa shape index (κ3) is 2.60. The second-order valence-electron chi connectivity index (χ2n) is 2.03. The van der Waals surface area contributed by atoms with Crippen LogP contribution in [0.1, 0.15) is 5.56 Å². The average molecular weight is 170 g/mol. The van der Waals surface area contributed by atoms with Gasteiger partial charge in [0.05, 0.1) is 0 Å². The highest BCUT2D eigenvalue weighted by Crippen LogP contribution is 2.09. The van der Waals surface area contributed by atoms with Gasteiger partial charge in [-0.15, -0.1) is 5.16 Å². The average Bonchev–Trinajstić information content (AvgIpc) is 2.04. The van der Waals surface area contributed by atoms with E-state index in [1.165, 1.54) is 0 Å². The number of halogens is 1. The molecule has 1 rings (SSSR count). The van der Waals surface area contributed by atoms with E-state index < -0.39 is 0 Å². The second kappa shape index (κ2) is 3.98. The lowest BCUT2D eigenvalue weighted by Crippen LogP contribution is -1.84. The Balaban J connectivity index is 2.58. The quantitative estimate of drug-likeness (QED) is 0.503. The Hall–Kier alpha value is -1.02. The minimum Gasteiger partial charge on any atom is -0.391 e. The summed E-state index contributed by atoms with van der Waals surface area (Å²) >= 11 is 5.67. The molecule has 0 aliphatic rings. The summed E-state index contributed by atoms with van der Waals surface area (Å²) in [6, 6.07) is 7.38. The Morgan fingerprint density at radius 3 is 2.55 bits per heavy atom. The zero-order valence-corrected chi connectivity index (χ0v) is 6.71. The van der Waals surface area contributed by atoms with Crippen LogP contribution in [0, 0.1) is 0 Å². The molecule has 3 heteroatoms. The molecule has 0 bridgehead atoms. The van der Waals surface area contributed by atoms with Crippen LogP contribution in [0.5, 0.6) is 0 Å². The third-order valence-corrected chi connectivity index (χ3v) is 1.49. The number of hydrogen-bond acceptors (Lipinski definition) is 2. The van der Waals surface area contributed by atoms with E-state index in [9.17, 15) is 0 Å². The van der Waals surface area contributed by atoms with E-state index >= 15 is 0 Å². The van der Waals surface area contributed by atoms with Gasteiger partial charge in [-0.25, -0.2) is 0 Å². The Labute approximate surface area is 70.4 Å². The molecule has 0 radical (unpaired) electrons. The molecule has 11 heavy (non-hydrogen) atoms. The summed E-state index contributed by atoms with van der Waals surface area (Å²) in [6.07, 6.45) is 0. The number of hydrogen-bond donors (Lipinski definition) is 0. The monoisotopic (exact) mass is 169 g/mol. The molecule has 0 unspecified atom stereocenters. The third-order valence-electron chi connectivity index (χ3n) is 1.24. The maximum atomic E-state index is 5.67. The summed E-state index contributed by atoms with van der Waals surface area (Å²) in [7, 11) is 0. The highest BCUT2D eigenvalue weighted by molar-refractivity contribution is 6.30. The van der Waals surface area contributed by atoms with Crippen molar-refractivity contribution in [3.05, 3.63) is 34.9 Å². The summed E-state index contributed by atoms with van der Waals surface area (Å²) in [5.41, 5.74) is 1.03. The normalized spacial score (nSPS) is 9.18. The van der Waals surface area contributed by atoms with Crippen molar-refractivity contribution in [2.45, 2.75) is 6.61 Å². The summed E-state index contributed by atoms with van der Waals surface area (Å²) in [5.74, 6) is 0. The maximum Gasteiger partial charge on any atom is 0.142 e. The predicted octanol–water partition coefficient (Wildman–Crippen LogP) is 2.47. The molecule has 0 fully saturated rings. The number of benzene rings is 1. The van der Waals surface area contributed by atoms with Crippen LogP contribution in [-0.4, -0.2) is 6.72 Å². The van der Waals surface area contributed by atoms with Crippen LogP contribution >= 0.6 is 11.6 Å². The first kappa shape index (κ1) is 8.08. The molecule has 0 aliphatic heterocycles. The molecule has 0 saturated carbocycles. The van der Waals surface area contributed by atoms with Crippen molar-refractivity contribution in [1.82, 2.24) is 0 Å². The first-order valence-electron chi connectivity index (χ1n) is 3.15. The van der Waals surface area contributed by atoms with Crippen LogP contribution in [0.4, 0.5) is 0 Å². The molecule has 1 aromatic carbocycles. The molecule has 0 N–H and O–H groups in total. The Kier molecular flexibility index (Phi) is 2.93. The lowest BCUT2D eigenvalue weighted by Gasteiger charge is -1.97. The van der Waals surface area contributed by atoms with Crippen LogP contribution in [-0.2, 0) is 11.4 Å².